The Morgan fingerprint density at radius 2 is 1.70 bits per heavy atom. The van der Waals surface area contributed by atoms with E-state index in [-0.39, 0.29) is 5.91 Å². The molecule has 1 aromatic heterocycles. The van der Waals surface area contributed by atoms with Gasteiger partial charge in [-0.05, 0) is 24.3 Å². The van der Waals surface area contributed by atoms with E-state index in [0.29, 0.717) is 24.3 Å². The normalized spacial score (nSPS) is 14.3. The molecule has 0 aliphatic carbocycles. The van der Waals surface area contributed by atoms with E-state index in [1.54, 1.807) is 7.11 Å². The summed E-state index contributed by atoms with van der Waals surface area (Å²) in [5.41, 5.74) is 3.13. The molecule has 6 heteroatoms. The first kappa shape index (κ1) is 17.1. The highest BCUT2D eigenvalue weighted by Crippen LogP contribution is 2.25. The highest BCUT2D eigenvalue weighted by molar-refractivity contribution is 5.99. The Balaban J connectivity index is 1.44. The van der Waals surface area contributed by atoms with Gasteiger partial charge in [0.05, 0.1) is 7.11 Å². The fourth-order valence-electron chi connectivity index (χ4n) is 3.32. The topological polar surface area (TPSA) is 58.8 Å². The minimum atomic E-state index is -0.0375. The average molecular weight is 363 g/mol. The second kappa shape index (κ2) is 7.53. The number of ether oxygens (including phenoxy) is 1. The molecule has 1 saturated heterocycles. The molecule has 0 radical (unpaired) electrons. The van der Waals surface area contributed by atoms with Crippen molar-refractivity contribution in [2.75, 3.05) is 38.2 Å². The minimum Gasteiger partial charge on any atom is -0.497 e. The maximum absolute atomic E-state index is 13.0. The van der Waals surface area contributed by atoms with Gasteiger partial charge in [0.15, 0.2) is 0 Å². The molecule has 1 aliphatic heterocycles. The second-order valence-electron chi connectivity index (χ2n) is 6.42. The molecule has 0 unspecified atom stereocenters. The van der Waals surface area contributed by atoms with Gasteiger partial charge >= 0.3 is 0 Å². The Morgan fingerprint density at radius 3 is 2.37 bits per heavy atom. The number of methoxy groups -OCH3 is 1. The summed E-state index contributed by atoms with van der Waals surface area (Å²) in [5.74, 6) is 0.804. The summed E-state index contributed by atoms with van der Waals surface area (Å²) in [4.78, 5) is 17.1. The number of carbonyl (C=O) groups excluding carboxylic acids is 1. The number of nitrogens with zero attached hydrogens (tertiary/aromatic N) is 3. The van der Waals surface area contributed by atoms with Gasteiger partial charge in [-0.3, -0.25) is 4.79 Å². The molecule has 1 fully saturated rings. The average Bonchev–Trinajstić information content (AvgIpc) is 3.24. The van der Waals surface area contributed by atoms with E-state index < -0.39 is 0 Å². The first-order valence-electron chi connectivity index (χ1n) is 8.94. The molecule has 3 aromatic rings. The van der Waals surface area contributed by atoms with Gasteiger partial charge in [0.1, 0.15) is 23.3 Å². The van der Waals surface area contributed by atoms with Gasteiger partial charge in [0.2, 0.25) is 0 Å². The number of anilines is 1. The van der Waals surface area contributed by atoms with E-state index >= 15 is 0 Å². The zero-order chi connectivity index (χ0) is 18.6. The highest BCUT2D eigenvalue weighted by atomic mass is 16.5. The number of rotatable bonds is 4. The zero-order valence-corrected chi connectivity index (χ0v) is 15.2. The van der Waals surface area contributed by atoms with Gasteiger partial charge in [-0.1, -0.05) is 35.5 Å². The summed E-state index contributed by atoms with van der Waals surface area (Å²) >= 11 is 0. The number of hydrogen-bond donors (Lipinski definition) is 0. The van der Waals surface area contributed by atoms with Crippen molar-refractivity contribution in [3.63, 3.8) is 0 Å². The molecule has 0 saturated carbocycles. The monoisotopic (exact) mass is 363 g/mol. The molecule has 6 nitrogen and oxygen atoms in total. The number of carbonyl (C=O) groups is 1. The van der Waals surface area contributed by atoms with Crippen molar-refractivity contribution >= 4 is 11.6 Å². The molecule has 0 N–H and O–H groups in total. The van der Waals surface area contributed by atoms with Crippen molar-refractivity contribution in [3.05, 3.63) is 66.4 Å². The van der Waals surface area contributed by atoms with Crippen molar-refractivity contribution in [3.8, 4) is 17.0 Å². The standard InChI is InChI=1S/C21H21N3O3/c1-26-18-9-7-17(8-10-18)23-11-13-24(14-12-23)21(25)19-15-27-22-20(19)16-5-3-2-4-6-16/h2-10,15H,11-14H2,1H3. The Bertz CT molecular complexity index is 898. The molecule has 0 spiro atoms. The Hall–Kier alpha value is -3.28. The lowest BCUT2D eigenvalue weighted by Crippen LogP contribution is -2.48. The molecule has 1 aliphatic rings. The summed E-state index contributed by atoms with van der Waals surface area (Å²) in [6, 6.07) is 17.6. The maximum atomic E-state index is 13.0. The van der Waals surface area contributed by atoms with Crippen LogP contribution in [0.15, 0.2) is 65.4 Å². The van der Waals surface area contributed by atoms with Gasteiger partial charge < -0.3 is 19.1 Å². The zero-order valence-electron chi connectivity index (χ0n) is 15.2. The van der Waals surface area contributed by atoms with E-state index in [0.717, 1.165) is 30.1 Å². The highest BCUT2D eigenvalue weighted by Gasteiger charge is 2.26. The number of benzene rings is 2. The predicted octanol–water partition coefficient (Wildman–Crippen LogP) is 3.31. The third-order valence-electron chi connectivity index (χ3n) is 4.85. The molecular weight excluding hydrogens is 342 g/mol. The van der Waals surface area contributed by atoms with E-state index in [2.05, 4.69) is 10.1 Å². The lowest BCUT2D eigenvalue weighted by atomic mass is 10.1. The van der Waals surface area contributed by atoms with E-state index in [9.17, 15) is 4.79 Å². The van der Waals surface area contributed by atoms with Crippen LogP contribution in [0.4, 0.5) is 5.69 Å². The summed E-state index contributed by atoms with van der Waals surface area (Å²) in [5, 5.41) is 4.04. The fourth-order valence-corrected chi connectivity index (χ4v) is 3.32. The Labute approximate surface area is 157 Å². The Morgan fingerprint density at radius 1 is 1.00 bits per heavy atom. The van der Waals surface area contributed by atoms with Crippen LogP contribution < -0.4 is 9.64 Å². The largest absolute Gasteiger partial charge is 0.497 e. The van der Waals surface area contributed by atoms with Crippen LogP contribution in [0.2, 0.25) is 0 Å². The van der Waals surface area contributed by atoms with Crippen molar-refractivity contribution in [2.24, 2.45) is 0 Å². The van der Waals surface area contributed by atoms with E-state index in [1.807, 2.05) is 59.5 Å². The summed E-state index contributed by atoms with van der Waals surface area (Å²) in [6.45, 7) is 2.88. The van der Waals surface area contributed by atoms with Crippen molar-refractivity contribution < 1.29 is 14.1 Å². The minimum absolute atomic E-state index is 0.0375. The third-order valence-corrected chi connectivity index (χ3v) is 4.85. The molecule has 2 heterocycles. The molecule has 1 amide bonds. The molecule has 0 atom stereocenters. The quantitative estimate of drug-likeness (QED) is 0.712. The third kappa shape index (κ3) is 3.51. The Kier molecular flexibility index (Phi) is 4.78. The number of amides is 1. The fraction of sp³-hybridized carbons (Fsp3) is 0.238. The first-order valence-corrected chi connectivity index (χ1v) is 8.94. The lowest BCUT2D eigenvalue weighted by molar-refractivity contribution is 0.0746. The summed E-state index contributed by atoms with van der Waals surface area (Å²) < 4.78 is 10.3. The summed E-state index contributed by atoms with van der Waals surface area (Å²) in [6.07, 6.45) is 1.44. The number of hydrogen-bond acceptors (Lipinski definition) is 5. The molecule has 138 valence electrons. The molecular formula is C21H21N3O3. The van der Waals surface area contributed by atoms with Crippen LogP contribution in [0.3, 0.4) is 0 Å². The number of piperazine rings is 1. The van der Waals surface area contributed by atoms with Gasteiger partial charge in [0, 0.05) is 37.4 Å². The lowest BCUT2D eigenvalue weighted by Gasteiger charge is -2.36. The molecule has 2 aromatic carbocycles. The second-order valence-corrected chi connectivity index (χ2v) is 6.42. The molecule has 27 heavy (non-hydrogen) atoms. The van der Waals surface area contributed by atoms with Crippen LogP contribution in [0.5, 0.6) is 5.75 Å². The van der Waals surface area contributed by atoms with E-state index in [4.69, 9.17) is 9.26 Å². The van der Waals surface area contributed by atoms with E-state index in [1.165, 1.54) is 6.26 Å². The van der Waals surface area contributed by atoms with Crippen molar-refractivity contribution in [1.29, 1.82) is 0 Å². The first-order chi connectivity index (χ1) is 13.3. The van der Waals surface area contributed by atoms with Crippen molar-refractivity contribution in [1.82, 2.24) is 10.1 Å². The van der Waals surface area contributed by atoms with Crippen LogP contribution in [0, 0.1) is 0 Å². The van der Waals surface area contributed by atoms with Crippen LogP contribution in [-0.4, -0.2) is 49.3 Å². The molecule has 0 bridgehead atoms. The van der Waals surface area contributed by atoms with Crippen molar-refractivity contribution in [2.45, 2.75) is 0 Å². The van der Waals surface area contributed by atoms with Gasteiger partial charge in [-0.15, -0.1) is 0 Å². The van der Waals surface area contributed by atoms with Gasteiger partial charge in [-0.25, -0.2) is 0 Å². The SMILES string of the molecule is COc1ccc(N2CCN(C(=O)c3conc3-c3ccccc3)CC2)cc1. The molecule has 4 rings (SSSR count). The van der Waals surface area contributed by atoms with Crippen LogP contribution in [0.1, 0.15) is 10.4 Å². The number of aromatic nitrogens is 1. The van der Waals surface area contributed by atoms with Gasteiger partial charge in [0.25, 0.3) is 5.91 Å². The predicted molar refractivity (Wildman–Crippen MR) is 103 cm³/mol. The maximum Gasteiger partial charge on any atom is 0.259 e. The smallest absolute Gasteiger partial charge is 0.259 e. The van der Waals surface area contributed by atoms with Crippen LogP contribution in [0.25, 0.3) is 11.3 Å². The van der Waals surface area contributed by atoms with Crippen LogP contribution in [-0.2, 0) is 0 Å². The van der Waals surface area contributed by atoms with Crippen LogP contribution >= 0.6 is 0 Å². The summed E-state index contributed by atoms with van der Waals surface area (Å²) in [7, 11) is 1.66. The van der Waals surface area contributed by atoms with Gasteiger partial charge in [-0.2, -0.15) is 0 Å².